The highest BCUT2D eigenvalue weighted by molar-refractivity contribution is 5.92. The van der Waals surface area contributed by atoms with Crippen molar-refractivity contribution in [2.75, 3.05) is 0 Å². The largest absolute Gasteiger partial charge is 0.508 e. The van der Waals surface area contributed by atoms with Crippen LogP contribution >= 0.6 is 0 Å². The maximum absolute atomic E-state index is 14.4. The van der Waals surface area contributed by atoms with Crippen molar-refractivity contribution in [2.45, 2.75) is 110 Å². The van der Waals surface area contributed by atoms with Crippen LogP contribution in [0.2, 0.25) is 0 Å². The van der Waals surface area contributed by atoms with Gasteiger partial charge in [0.05, 0.1) is 0 Å². The summed E-state index contributed by atoms with van der Waals surface area (Å²) in [6.07, 6.45) is 4.60. The van der Waals surface area contributed by atoms with Crippen LogP contribution in [0.5, 0.6) is 5.75 Å². The number of aromatic hydroxyl groups is 1. The monoisotopic (exact) mass is 551 g/mol. The molecule has 3 rings (SSSR count). The molecule has 0 spiro atoms. The Kier molecular flexibility index (Phi) is 10.6. The lowest BCUT2D eigenvalue weighted by Gasteiger charge is -2.38. The van der Waals surface area contributed by atoms with Crippen LogP contribution in [0, 0.1) is 6.92 Å². The number of phenols is 1. The van der Waals surface area contributed by atoms with Gasteiger partial charge < -0.3 is 25.4 Å². The number of amides is 3. The SMILES string of the molecule is Cc1ccc(C(C(=O)NC2CCCCC2)N(C(=O)C(Cc2ccc(O)cc2)NC(=O)OC(C)(C)C)C(C)C)cc1. The molecule has 2 atom stereocenters. The molecule has 2 unspecified atom stereocenters. The van der Waals surface area contributed by atoms with Gasteiger partial charge in [-0.05, 0) is 77.6 Å². The fourth-order valence-corrected chi connectivity index (χ4v) is 5.09. The van der Waals surface area contributed by atoms with Gasteiger partial charge in [0.2, 0.25) is 11.8 Å². The van der Waals surface area contributed by atoms with Crippen LogP contribution in [-0.2, 0) is 20.7 Å². The van der Waals surface area contributed by atoms with Crippen molar-refractivity contribution in [2.24, 2.45) is 0 Å². The van der Waals surface area contributed by atoms with E-state index in [1.807, 2.05) is 45.0 Å². The molecule has 218 valence electrons. The number of carbonyl (C=O) groups is 3. The molecule has 0 aromatic heterocycles. The lowest BCUT2D eigenvalue weighted by Crippen LogP contribution is -2.56. The van der Waals surface area contributed by atoms with E-state index in [9.17, 15) is 19.5 Å². The Balaban J connectivity index is 1.99. The molecule has 1 aliphatic rings. The molecule has 3 N–H and O–H groups in total. The zero-order valence-electron chi connectivity index (χ0n) is 24.7. The first-order valence-corrected chi connectivity index (χ1v) is 14.3. The number of hydrogen-bond donors (Lipinski definition) is 3. The third-order valence-electron chi connectivity index (χ3n) is 7.05. The van der Waals surface area contributed by atoms with Gasteiger partial charge in [0.15, 0.2) is 0 Å². The second kappa shape index (κ2) is 13.7. The molecule has 2 aromatic rings. The number of carbonyl (C=O) groups excluding carboxylic acids is 3. The van der Waals surface area contributed by atoms with Crippen LogP contribution in [0.25, 0.3) is 0 Å². The Morgan fingerprint density at radius 2 is 1.57 bits per heavy atom. The number of phenolic OH excluding ortho intramolecular Hbond substituents is 1. The molecule has 2 aromatic carbocycles. The van der Waals surface area contributed by atoms with Crippen molar-refractivity contribution in [1.82, 2.24) is 15.5 Å². The first-order chi connectivity index (χ1) is 18.8. The summed E-state index contributed by atoms with van der Waals surface area (Å²) in [6, 6.07) is 12.0. The van der Waals surface area contributed by atoms with Gasteiger partial charge >= 0.3 is 6.09 Å². The number of ether oxygens (including phenoxy) is 1. The molecule has 0 radical (unpaired) electrons. The average molecular weight is 552 g/mol. The third-order valence-corrected chi connectivity index (χ3v) is 7.05. The fraction of sp³-hybridized carbons (Fsp3) is 0.531. The molecule has 0 heterocycles. The standard InChI is InChI=1S/C32H45N3O5/c1-21(2)35(28(24-16-12-22(3)13-17-24)29(37)33-25-10-8-7-9-11-25)30(38)27(34-31(39)40-32(4,5)6)20-23-14-18-26(36)19-15-23/h12-19,21,25,27-28,36H,7-11,20H2,1-6H3,(H,33,37)(H,34,39). The smallest absolute Gasteiger partial charge is 0.408 e. The van der Waals surface area contributed by atoms with Gasteiger partial charge in [-0.1, -0.05) is 61.2 Å². The minimum atomic E-state index is -1.00. The summed E-state index contributed by atoms with van der Waals surface area (Å²) < 4.78 is 5.48. The highest BCUT2D eigenvalue weighted by atomic mass is 16.6. The number of alkyl carbamates (subject to hydrolysis) is 1. The van der Waals surface area contributed by atoms with E-state index in [-0.39, 0.29) is 30.2 Å². The number of nitrogens with one attached hydrogen (secondary N) is 2. The first-order valence-electron chi connectivity index (χ1n) is 14.3. The molecule has 1 aliphatic carbocycles. The lowest BCUT2D eigenvalue weighted by molar-refractivity contribution is -0.145. The van der Waals surface area contributed by atoms with Crippen LogP contribution in [0.1, 0.15) is 89.5 Å². The van der Waals surface area contributed by atoms with E-state index in [0.29, 0.717) is 5.56 Å². The van der Waals surface area contributed by atoms with Crippen LogP contribution in [0.15, 0.2) is 48.5 Å². The number of nitrogens with zero attached hydrogens (tertiary/aromatic N) is 1. The van der Waals surface area contributed by atoms with E-state index in [0.717, 1.165) is 36.8 Å². The van der Waals surface area contributed by atoms with E-state index in [2.05, 4.69) is 10.6 Å². The molecular weight excluding hydrogens is 506 g/mol. The van der Waals surface area contributed by atoms with Gasteiger partial charge in [0.25, 0.3) is 0 Å². The maximum Gasteiger partial charge on any atom is 0.408 e. The van der Waals surface area contributed by atoms with Gasteiger partial charge in [-0.25, -0.2) is 4.79 Å². The van der Waals surface area contributed by atoms with Gasteiger partial charge in [0, 0.05) is 18.5 Å². The van der Waals surface area contributed by atoms with Crippen molar-refractivity contribution < 1.29 is 24.2 Å². The molecule has 40 heavy (non-hydrogen) atoms. The highest BCUT2D eigenvalue weighted by Gasteiger charge is 2.38. The molecule has 0 bridgehead atoms. The summed E-state index contributed by atoms with van der Waals surface area (Å²) in [5.74, 6) is -0.508. The van der Waals surface area contributed by atoms with E-state index < -0.39 is 29.7 Å². The predicted octanol–water partition coefficient (Wildman–Crippen LogP) is 5.56. The molecule has 8 nitrogen and oxygen atoms in total. The van der Waals surface area contributed by atoms with E-state index in [1.165, 1.54) is 18.6 Å². The maximum atomic E-state index is 14.4. The van der Waals surface area contributed by atoms with Gasteiger partial charge in [-0.2, -0.15) is 0 Å². The van der Waals surface area contributed by atoms with Gasteiger partial charge in [-0.3, -0.25) is 9.59 Å². The zero-order valence-corrected chi connectivity index (χ0v) is 24.7. The van der Waals surface area contributed by atoms with Crippen LogP contribution in [0.4, 0.5) is 4.79 Å². The van der Waals surface area contributed by atoms with Crippen molar-refractivity contribution in [3.63, 3.8) is 0 Å². The van der Waals surface area contributed by atoms with Crippen molar-refractivity contribution >= 4 is 17.9 Å². The minimum absolute atomic E-state index is 0.0750. The number of benzene rings is 2. The quantitative estimate of drug-likeness (QED) is 0.378. The van der Waals surface area contributed by atoms with E-state index >= 15 is 0 Å². The van der Waals surface area contributed by atoms with Crippen molar-refractivity contribution in [1.29, 1.82) is 0 Å². The highest BCUT2D eigenvalue weighted by Crippen LogP contribution is 2.28. The summed E-state index contributed by atoms with van der Waals surface area (Å²) in [7, 11) is 0. The Bertz CT molecular complexity index is 1130. The third kappa shape index (κ3) is 9.00. The fourth-order valence-electron chi connectivity index (χ4n) is 5.09. The molecule has 1 saturated carbocycles. The summed E-state index contributed by atoms with van der Waals surface area (Å²) in [6.45, 7) is 11.0. The summed E-state index contributed by atoms with van der Waals surface area (Å²) in [4.78, 5) is 42.7. The predicted molar refractivity (Wildman–Crippen MR) is 156 cm³/mol. The molecule has 3 amide bonds. The molecule has 1 fully saturated rings. The normalized spacial score (nSPS) is 15.7. The number of aryl methyl sites for hydroxylation is 1. The molecule has 0 saturated heterocycles. The van der Waals surface area contributed by atoms with E-state index in [1.54, 1.807) is 37.8 Å². The topological polar surface area (TPSA) is 108 Å². The van der Waals surface area contributed by atoms with Gasteiger partial charge in [0.1, 0.15) is 23.4 Å². The summed E-state index contributed by atoms with van der Waals surface area (Å²) in [5.41, 5.74) is 1.75. The lowest BCUT2D eigenvalue weighted by atomic mass is 9.94. The first kappa shape index (κ1) is 31.0. The minimum Gasteiger partial charge on any atom is -0.508 e. The van der Waals surface area contributed by atoms with E-state index in [4.69, 9.17) is 4.74 Å². The summed E-state index contributed by atoms with van der Waals surface area (Å²) in [5, 5.41) is 15.7. The average Bonchev–Trinajstić information content (AvgIpc) is 2.87. The van der Waals surface area contributed by atoms with Gasteiger partial charge in [-0.15, -0.1) is 0 Å². The molecule has 0 aliphatic heterocycles. The second-order valence-electron chi connectivity index (χ2n) is 12.1. The van der Waals surface area contributed by atoms with Crippen molar-refractivity contribution in [3.8, 4) is 5.75 Å². The van der Waals surface area contributed by atoms with Crippen LogP contribution in [0.3, 0.4) is 0 Å². The van der Waals surface area contributed by atoms with Crippen LogP contribution in [-0.4, -0.2) is 51.6 Å². The number of hydrogen-bond acceptors (Lipinski definition) is 5. The Hall–Kier alpha value is -3.55. The second-order valence-corrected chi connectivity index (χ2v) is 12.1. The Labute approximate surface area is 238 Å². The molecular formula is C32H45N3O5. The molecule has 8 heteroatoms. The Morgan fingerprint density at radius 3 is 2.12 bits per heavy atom. The zero-order chi connectivity index (χ0) is 29.4. The number of rotatable bonds is 9. The van der Waals surface area contributed by atoms with Crippen molar-refractivity contribution in [3.05, 3.63) is 65.2 Å². The summed E-state index contributed by atoms with van der Waals surface area (Å²) >= 11 is 0. The van der Waals surface area contributed by atoms with Crippen LogP contribution < -0.4 is 10.6 Å². The Morgan fingerprint density at radius 1 is 0.975 bits per heavy atom.